The molecule has 0 radical (unpaired) electrons. The maximum atomic E-state index is 12.3. The van der Waals surface area contributed by atoms with Crippen molar-refractivity contribution >= 4 is 16.9 Å². The molecule has 1 aliphatic heterocycles. The van der Waals surface area contributed by atoms with E-state index in [0.29, 0.717) is 19.6 Å². The summed E-state index contributed by atoms with van der Waals surface area (Å²) in [6.07, 6.45) is 5.20. The Labute approximate surface area is 120 Å². The van der Waals surface area contributed by atoms with E-state index in [0.717, 1.165) is 11.0 Å². The molecule has 4 rings (SSSR count). The third-order valence-corrected chi connectivity index (χ3v) is 3.86. The summed E-state index contributed by atoms with van der Waals surface area (Å²) < 4.78 is 3.69. The first-order chi connectivity index (χ1) is 10.3. The predicted molar refractivity (Wildman–Crippen MR) is 75.4 cm³/mol. The van der Waals surface area contributed by atoms with Crippen molar-refractivity contribution in [1.82, 2.24) is 29.4 Å². The van der Waals surface area contributed by atoms with Gasteiger partial charge in [0.25, 0.3) is 0 Å². The van der Waals surface area contributed by atoms with E-state index < -0.39 is 0 Å². The van der Waals surface area contributed by atoms with Gasteiger partial charge in [-0.15, -0.1) is 5.10 Å². The number of hydrogen-bond donors (Lipinski definition) is 0. The Morgan fingerprint density at radius 2 is 2.14 bits per heavy atom. The predicted octanol–water partition coefficient (Wildman–Crippen LogP) is 0.711. The van der Waals surface area contributed by atoms with Gasteiger partial charge in [0.15, 0.2) is 0 Å². The number of imidazole rings is 1. The highest BCUT2D eigenvalue weighted by molar-refractivity contribution is 5.81. The van der Waals surface area contributed by atoms with Crippen molar-refractivity contribution in [3.05, 3.63) is 43.0 Å². The van der Waals surface area contributed by atoms with Crippen LogP contribution in [0.15, 0.2) is 43.0 Å². The molecule has 0 saturated carbocycles. The Bertz CT molecular complexity index is 772. The molecule has 0 atom stereocenters. The molecule has 3 aromatic rings. The van der Waals surface area contributed by atoms with Crippen LogP contribution in [0.3, 0.4) is 0 Å². The minimum absolute atomic E-state index is 0.106. The fraction of sp³-hybridized carbons (Fsp3) is 0.286. The Hall–Kier alpha value is -2.70. The second kappa shape index (κ2) is 4.69. The molecule has 106 valence electrons. The van der Waals surface area contributed by atoms with Gasteiger partial charge in [0.05, 0.1) is 29.6 Å². The summed E-state index contributed by atoms with van der Waals surface area (Å²) in [5.41, 5.74) is 1.90. The molecule has 0 aliphatic carbocycles. The Morgan fingerprint density at radius 3 is 2.95 bits per heavy atom. The van der Waals surface area contributed by atoms with E-state index in [4.69, 9.17) is 0 Å². The minimum Gasteiger partial charge on any atom is -0.337 e. The van der Waals surface area contributed by atoms with Gasteiger partial charge in [-0.2, -0.15) is 0 Å². The molecule has 1 fully saturated rings. The Kier molecular flexibility index (Phi) is 2.70. The van der Waals surface area contributed by atoms with Crippen LogP contribution >= 0.6 is 0 Å². The minimum atomic E-state index is 0.106. The molecule has 3 heterocycles. The molecule has 1 saturated heterocycles. The summed E-state index contributed by atoms with van der Waals surface area (Å²) in [5.74, 6) is 0.106. The number of hydrogen-bond acceptors (Lipinski definition) is 4. The van der Waals surface area contributed by atoms with Crippen LogP contribution in [0.2, 0.25) is 0 Å². The number of rotatable bonds is 3. The lowest BCUT2D eigenvalue weighted by Crippen LogP contribution is -2.51. The van der Waals surface area contributed by atoms with Crippen LogP contribution in [0.25, 0.3) is 11.0 Å². The molecule has 21 heavy (non-hydrogen) atoms. The first-order valence-corrected chi connectivity index (χ1v) is 6.85. The Balaban J connectivity index is 1.43. The molecule has 1 aliphatic rings. The molecular formula is C14H14N6O. The van der Waals surface area contributed by atoms with Crippen molar-refractivity contribution in [3.63, 3.8) is 0 Å². The van der Waals surface area contributed by atoms with Crippen molar-refractivity contribution in [1.29, 1.82) is 0 Å². The fourth-order valence-electron chi connectivity index (χ4n) is 2.62. The van der Waals surface area contributed by atoms with Crippen molar-refractivity contribution < 1.29 is 4.79 Å². The smallest absolute Gasteiger partial charge is 0.242 e. The van der Waals surface area contributed by atoms with Gasteiger partial charge < -0.3 is 9.47 Å². The maximum Gasteiger partial charge on any atom is 0.242 e. The van der Waals surface area contributed by atoms with E-state index in [1.54, 1.807) is 17.2 Å². The summed E-state index contributed by atoms with van der Waals surface area (Å²) in [5, 5.41) is 7.75. The summed E-state index contributed by atoms with van der Waals surface area (Å²) in [6, 6.07) is 8.07. The fourth-order valence-corrected chi connectivity index (χ4v) is 2.62. The Morgan fingerprint density at radius 1 is 1.29 bits per heavy atom. The zero-order chi connectivity index (χ0) is 14.2. The number of amides is 1. The van der Waals surface area contributed by atoms with Gasteiger partial charge in [0.2, 0.25) is 5.91 Å². The van der Waals surface area contributed by atoms with Crippen LogP contribution in [-0.2, 0) is 11.3 Å². The molecule has 0 N–H and O–H groups in total. The SMILES string of the molecule is O=C(Cn1cnc2ccccc21)N1CC(n2ccnn2)C1. The monoisotopic (exact) mass is 282 g/mol. The van der Waals surface area contributed by atoms with E-state index in [2.05, 4.69) is 15.3 Å². The van der Waals surface area contributed by atoms with E-state index in [-0.39, 0.29) is 11.9 Å². The molecule has 2 aromatic heterocycles. The highest BCUT2D eigenvalue weighted by atomic mass is 16.2. The third-order valence-electron chi connectivity index (χ3n) is 3.86. The lowest BCUT2D eigenvalue weighted by atomic mass is 10.1. The number of benzene rings is 1. The molecule has 0 unspecified atom stereocenters. The summed E-state index contributed by atoms with van der Waals surface area (Å²) in [6.45, 7) is 1.70. The quantitative estimate of drug-likeness (QED) is 0.709. The molecule has 7 heteroatoms. The van der Waals surface area contributed by atoms with Crippen molar-refractivity contribution in [2.45, 2.75) is 12.6 Å². The van der Waals surface area contributed by atoms with Gasteiger partial charge in [-0.05, 0) is 12.1 Å². The van der Waals surface area contributed by atoms with Gasteiger partial charge in [-0.1, -0.05) is 17.3 Å². The molecule has 0 bridgehead atoms. The number of likely N-dealkylation sites (tertiary alicyclic amines) is 1. The topological polar surface area (TPSA) is 68.8 Å². The summed E-state index contributed by atoms with van der Waals surface area (Å²) in [4.78, 5) is 18.4. The van der Waals surface area contributed by atoms with Crippen LogP contribution in [0.1, 0.15) is 6.04 Å². The molecule has 1 amide bonds. The van der Waals surface area contributed by atoms with Crippen LogP contribution in [0, 0.1) is 0 Å². The molecule has 0 spiro atoms. The average Bonchev–Trinajstić information content (AvgIpc) is 3.08. The van der Waals surface area contributed by atoms with E-state index in [9.17, 15) is 4.79 Å². The average molecular weight is 282 g/mol. The maximum absolute atomic E-state index is 12.3. The number of nitrogens with zero attached hydrogens (tertiary/aromatic N) is 6. The van der Waals surface area contributed by atoms with Crippen LogP contribution in [0.5, 0.6) is 0 Å². The van der Waals surface area contributed by atoms with Crippen molar-refractivity contribution in [2.75, 3.05) is 13.1 Å². The van der Waals surface area contributed by atoms with Gasteiger partial charge in [-0.3, -0.25) is 4.79 Å². The number of para-hydroxylation sites is 2. The number of aromatic nitrogens is 5. The lowest BCUT2D eigenvalue weighted by Gasteiger charge is -2.38. The van der Waals surface area contributed by atoms with Gasteiger partial charge >= 0.3 is 0 Å². The van der Waals surface area contributed by atoms with Crippen LogP contribution in [0.4, 0.5) is 0 Å². The molecular weight excluding hydrogens is 268 g/mol. The largest absolute Gasteiger partial charge is 0.337 e. The second-order valence-corrected chi connectivity index (χ2v) is 5.20. The normalized spacial score (nSPS) is 15.3. The number of carbonyl (C=O) groups excluding carboxylic acids is 1. The standard InChI is InChI=1S/C14H14N6O/c21-14(18-7-11(8-18)20-6-5-16-17-20)9-19-10-15-12-3-1-2-4-13(12)19/h1-6,10-11H,7-9H2. The number of fused-ring (bicyclic) bond motifs is 1. The first-order valence-electron chi connectivity index (χ1n) is 6.85. The van der Waals surface area contributed by atoms with Crippen LogP contribution < -0.4 is 0 Å². The molecule has 1 aromatic carbocycles. The summed E-state index contributed by atoms with van der Waals surface area (Å²) in [7, 11) is 0. The van der Waals surface area contributed by atoms with Gasteiger partial charge in [0, 0.05) is 19.3 Å². The molecule has 7 nitrogen and oxygen atoms in total. The van der Waals surface area contributed by atoms with E-state index in [1.165, 1.54) is 0 Å². The van der Waals surface area contributed by atoms with Crippen LogP contribution in [-0.4, -0.2) is 48.4 Å². The number of carbonyl (C=O) groups is 1. The third kappa shape index (κ3) is 2.06. The van der Waals surface area contributed by atoms with E-state index >= 15 is 0 Å². The first kappa shape index (κ1) is 12.1. The lowest BCUT2D eigenvalue weighted by molar-refractivity contribution is -0.137. The zero-order valence-electron chi connectivity index (χ0n) is 11.3. The van der Waals surface area contributed by atoms with Crippen molar-refractivity contribution in [3.8, 4) is 0 Å². The zero-order valence-corrected chi connectivity index (χ0v) is 11.3. The van der Waals surface area contributed by atoms with Crippen molar-refractivity contribution in [2.24, 2.45) is 0 Å². The second-order valence-electron chi connectivity index (χ2n) is 5.20. The summed E-state index contributed by atoms with van der Waals surface area (Å²) >= 11 is 0. The highest BCUT2D eigenvalue weighted by Gasteiger charge is 2.32. The van der Waals surface area contributed by atoms with Gasteiger partial charge in [-0.25, -0.2) is 9.67 Å². The highest BCUT2D eigenvalue weighted by Crippen LogP contribution is 2.20. The van der Waals surface area contributed by atoms with E-state index in [1.807, 2.05) is 39.9 Å². The van der Waals surface area contributed by atoms with Gasteiger partial charge in [0.1, 0.15) is 6.54 Å².